The summed E-state index contributed by atoms with van der Waals surface area (Å²) in [5.74, 6) is 0. The van der Waals surface area contributed by atoms with Gasteiger partial charge in [-0.1, -0.05) is 0 Å². The molecule has 0 radical (unpaired) electrons. The van der Waals surface area contributed by atoms with E-state index < -0.39 is 29.3 Å². The van der Waals surface area contributed by atoms with Crippen molar-refractivity contribution < 1.29 is 60.3 Å². The van der Waals surface area contributed by atoms with Crippen LogP contribution in [0.3, 0.4) is 0 Å². The van der Waals surface area contributed by atoms with Crippen molar-refractivity contribution in [1.82, 2.24) is 0 Å². The fourth-order valence-electron chi connectivity index (χ4n) is 0. The molecule has 6 N–H and O–H groups in total. The average molecular weight is 362 g/mol. The van der Waals surface area contributed by atoms with Gasteiger partial charge >= 0.3 is 128 Å². The van der Waals surface area contributed by atoms with Crippen molar-refractivity contribution in [2.45, 2.75) is 0 Å². The van der Waals surface area contributed by atoms with Crippen LogP contribution in [0.2, 0.25) is 0 Å². The molecule has 19 heteroatoms. The third-order valence-electron chi connectivity index (χ3n) is 0. The van der Waals surface area contributed by atoms with Gasteiger partial charge in [0.15, 0.2) is 0 Å². The van der Waals surface area contributed by atoms with Gasteiger partial charge in [0.05, 0.1) is 0 Å². The van der Waals surface area contributed by atoms with Crippen LogP contribution >= 0.6 is 0 Å². The fourth-order valence-corrected chi connectivity index (χ4v) is 0. The molecule has 0 aromatic heterocycles. The molecule has 0 aliphatic heterocycles. The summed E-state index contributed by atoms with van der Waals surface area (Å²) in [6.45, 7) is 0. The quantitative estimate of drug-likeness (QED) is 0.220. The van der Waals surface area contributed by atoms with Gasteiger partial charge in [0.2, 0.25) is 0 Å². The smallest absolute Gasteiger partial charge is 0.907 e. The van der Waals surface area contributed by atoms with Crippen LogP contribution in [0.4, 0.5) is 0 Å². The molecule has 0 aliphatic rings. The zero-order chi connectivity index (χ0) is 14.3. The minimum Gasteiger partial charge on any atom is -0.907 e. The molecule has 0 unspecified atom stereocenters. The van der Waals surface area contributed by atoms with Crippen LogP contribution in [0, 0.1) is 0 Å². The van der Waals surface area contributed by atoms with E-state index in [-0.39, 0.29) is 113 Å². The van der Waals surface area contributed by atoms with Crippen LogP contribution in [0.1, 0.15) is 0 Å². The van der Waals surface area contributed by atoms with Crippen LogP contribution < -0.4 is 30.1 Å². The van der Waals surface area contributed by atoms with Gasteiger partial charge in [-0.05, 0) is 0 Å². The Morgan fingerprint density at radius 3 is 0.421 bits per heavy atom. The monoisotopic (exact) mass is 362 g/mol. The molecule has 0 aliphatic carbocycles. The SMILES string of the molecule is OB(O)O.OB(O)O.[Ca+2].[Ca+2].[Ca+2].[O-]B([O-])[O-].[O-]B([O-])[O-]. The van der Waals surface area contributed by atoms with E-state index in [1.54, 1.807) is 0 Å². The average Bonchev–Trinajstić information content (AvgIpc) is 1.76. The molecule has 19 heavy (non-hydrogen) atoms. The third kappa shape index (κ3) is 651. The second-order valence-electron chi connectivity index (χ2n) is 1.27. The largest absolute Gasteiger partial charge is 2.00 e. The zero-order valence-electron chi connectivity index (χ0n) is 9.56. The Labute approximate surface area is 199 Å². The first kappa shape index (κ1) is 43.3. The molecule has 0 saturated heterocycles. The molecular weight excluding hydrogens is 355 g/mol. The van der Waals surface area contributed by atoms with E-state index in [0.717, 1.165) is 0 Å². The van der Waals surface area contributed by atoms with Crippen LogP contribution in [0.15, 0.2) is 0 Å². The van der Waals surface area contributed by atoms with Crippen LogP contribution in [0.25, 0.3) is 0 Å². The Balaban J connectivity index is -0.0000000192. The molecule has 12 nitrogen and oxygen atoms in total. The predicted molar refractivity (Wildman–Crippen MR) is 53.6 cm³/mol. The third-order valence-corrected chi connectivity index (χ3v) is 0. The summed E-state index contributed by atoms with van der Waals surface area (Å²) in [4.78, 5) is 0. The van der Waals surface area contributed by atoms with Crippen LogP contribution in [-0.2, 0) is 0 Å². The normalized spacial score (nSPS) is 5.68. The van der Waals surface area contributed by atoms with Gasteiger partial charge in [0, 0.05) is 0 Å². The van der Waals surface area contributed by atoms with Crippen molar-refractivity contribution in [3.63, 3.8) is 0 Å². The van der Waals surface area contributed by atoms with Crippen molar-refractivity contribution in [2.75, 3.05) is 0 Å². The summed E-state index contributed by atoms with van der Waals surface area (Å²) < 4.78 is 0. The maximum Gasteiger partial charge on any atom is 2.00 e. The minimum atomic E-state index is -2.92. The van der Waals surface area contributed by atoms with Crippen molar-refractivity contribution in [3.05, 3.63) is 0 Å². The second-order valence-corrected chi connectivity index (χ2v) is 1.27. The topological polar surface area (TPSA) is 260 Å². The molecule has 0 fully saturated rings. The summed E-state index contributed by atoms with van der Waals surface area (Å²) >= 11 is 0. The molecule has 0 atom stereocenters. The summed E-state index contributed by atoms with van der Waals surface area (Å²) in [5.41, 5.74) is 0. The first-order chi connectivity index (χ1) is 6.93. The molecule has 0 amide bonds. The van der Waals surface area contributed by atoms with E-state index in [0.29, 0.717) is 0 Å². The number of hydrogen-bond acceptors (Lipinski definition) is 12. The van der Waals surface area contributed by atoms with Crippen molar-refractivity contribution in [2.24, 2.45) is 0 Å². The summed E-state index contributed by atoms with van der Waals surface area (Å²) in [5, 5.41) is 93.5. The second kappa shape index (κ2) is 37.6. The molecule has 0 saturated carbocycles. The zero-order valence-corrected chi connectivity index (χ0v) is 16.2. The van der Waals surface area contributed by atoms with Gasteiger partial charge in [-0.15, -0.1) is 0 Å². The summed E-state index contributed by atoms with van der Waals surface area (Å²) in [6, 6.07) is 0. The Morgan fingerprint density at radius 2 is 0.421 bits per heavy atom. The Bertz CT molecular complexity index is 68.0. The van der Waals surface area contributed by atoms with E-state index in [1.807, 2.05) is 0 Å². The van der Waals surface area contributed by atoms with Gasteiger partial charge in [0.25, 0.3) is 0 Å². The van der Waals surface area contributed by atoms with E-state index in [1.165, 1.54) is 0 Å². The van der Waals surface area contributed by atoms with Crippen molar-refractivity contribution in [3.8, 4) is 0 Å². The number of rotatable bonds is 0. The molecule has 0 spiro atoms. The molecule has 0 heterocycles. The molecule has 0 aromatic rings. The van der Waals surface area contributed by atoms with Crippen molar-refractivity contribution >= 4 is 142 Å². The van der Waals surface area contributed by atoms with Crippen LogP contribution in [-0.4, -0.2) is 173 Å². The number of hydrogen-bond donors (Lipinski definition) is 6. The van der Waals surface area contributed by atoms with E-state index in [4.69, 9.17) is 60.3 Å². The predicted octanol–water partition coefficient (Wildman–Crippen LogP) is -13.1. The maximum atomic E-state index is 8.42. The van der Waals surface area contributed by atoms with E-state index >= 15 is 0 Å². The molecular formula is H6B4Ca3O12. The van der Waals surface area contributed by atoms with E-state index in [9.17, 15) is 0 Å². The standard InChI is InChI=1S/2BH3O3.2BO3.3Ca/c4*2-1(3)4;;;/h2*2-4H;;;;;/q;;2*-3;3*+2. The first-order valence-corrected chi connectivity index (χ1v) is 2.96. The Hall–Kier alpha value is 3.56. The molecule has 96 valence electrons. The molecule has 0 bridgehead atoms. The minimum absolute atomic E-state index is 0. The maximum absolute atomic E-state index is 8.42. The van der Waals surface area contributed by atoms with Crippen molar-refractivity contribution in [1.29, 1.82) is 0 Å². The fraction of sp³-hybridized carbons (Fsp3) is 0. The van der Waals surface area contributed by atoms with E-state index in [2.05, 4.69) is 0 Å². The summed E-state index contributed by atoms with van der Waals surface area (Å²) in [6.07, 6.45) is 0. The first-order valence-electron chi connectivity index (χ1n) is 2.96. The van der Waals surface area contributed by atoms with Gasteiger partial charge < -0.3 is 60.3 Å². The van der Waals surface area contributed by atoms with Gasteiger partial charge in [0.1, 0.15) is 0 Å². The Morgan fingerprint density at radius 1 is 0.421 bits per heavy atom. The van der Waals surface area contributed by atoms with Gasteiger partial charge in [-0.2, -0.15) is 0 Å². The van der Waals surface area contributed by atoms with Gasteiger partial charge in [-0.3, -0.25) is 14.6 Å². The van der Waals surface area contributed by atoms with Gasteiger partial charge in [-0.25, -0.2) is 0 Å². The Kier molecular flexibility index (Phi) is 85.8. The molecule has 0 rings (SSSR count). The summed E-state index contributed by atoms with van der Waals surface area (Å²) in [7, 11) is -10.2. The molecule has 0 aromatic carbocycles. The van der Waals surface area contributed by atoms with Crippen LogP contribution in [0.5, 0.6) is 0 Å².